The Morgan fingerprint density at radius 3 is 2.59 bits per heavy atom. The molecule has 0 aliphatic rings. The molecular weight excluding hydrogens is 422 g/mol. The minimum atomic E-state index is -0.532. The van der Waals surface area contributed by atoms with Gasteiger partial charge in [0.25, 0.3) is 11.6 Å². The third-order valence-electron chi connectivity index (χ3n) is 3.31. The summed E-state index contributed by atoms with van der Waals surface area (Å²) >= 11 is 3.32. The van der Waals surface area contributed by atoms with Crippen LogP contribution in [0.5, 0.6) is 17.2 Å². The number of hydrogen-bond donors (Lipinski definition) is 1. The second-order valence-electron chi connectivity index (χ2n) is 5.06. The van der Waals surface area contributed by atoms with Crippen molar-refractivity contribution in [2.24, 2.45) is 5.10 Å². The molecule has 0 saturated carbocycles. The molecule has 0 spiro atoms. The molecule has 0 aliphatic carbocycles. The summed E-state index contributed by atoms with van der Waals surface area (Å²) in [6.07, 6.45) is 1.26. The minimum Gasteiger partial charge on any atom is -0.497 e. The molecule has 9 nitrogen and oxygen atoms in total. The zero-order valence-electron chi connectivity index (χ0n) is 14.5. The van der Waals surface area contributed by atoms with Crippen molar-refractivity contribution in [2.75, 3.05) is 20.8 Å². The Morgan fingerprint density at radius 2 is 1.96 bits per heavy atom. The number of nitro benzene ring substituents is 1. The molecule has 142 valence electrons. The standard InChI is InChI=1S/C17H16BrN3O6/c1-25-13-4-6-16(14(18)8-13)27-10-17(22)20-19-9-11-7-12(21(23)24)3-5-15(11)26-2/h3-9H,10H2,1-2H3,(H,20,22)/b19-9+. The third-order valence-corrected chi connectivity index (χ3v) is 3.93. The largest absolute Gasteiger partial charge is 0.497 e. The van der Waals surface area contributed by atoms with Gasteiger partial charge in [0.2, 0.25) is 0 Å². The zero-order chi connectivity index (χ0) is 19.8. The number of carbonyl (C=O) groups excluding carboxylic acids is 1. The van der Waals surface area contributed by atoms with Crippen LogP contribution in [-0.2, 0) is 4.79 Å². The SMILES string of the molecule is COc1ccc(OCC(=O)N/N=C/c2cc([N+](=O)[O-])ccc2OC)c(Br)c1. The van der Waals surface area contributed by atoms with E-state index in [1.807, 2.05) is 0 Å². The molecule has 0 atom stereocenters. The van der Waals surface area contributed by atoms with Gasteiger partial charge in [-0.25, -0.2) is 5.43 Å². The van der Waals surface area contributed by atoms with E-state index in [1.165, 1.54) is 31.5 Å². The number of halogens is 1. The molecule has 27 heavy (non-hydrogen) atoms. The van der Waals surface area contributed by atoms with E-state index in [-0.39, 0.29) is 12.3 Å². The molecule has 0 saturated heterocycles. The van der Waals surface area contributed by atoms with Crippen molar-refractivity contribution in [3.63, 3.8) is 0 Å². The number of hydrazone groups is 1. The maximum atomic E-state index is 11.8. The van der Waals surface area contributed by atoms with Crippen LogP contribution in [0.15, 0.2) is 46.0 Å². The summed E-state index contributed by atoms with van der Waals surface area (Å²) in [5, 5.41) is 14.6. The van der Waals surface area contributed by atoms with E-state index < -0.39 is 10.8 Å². The lowest BCUT2D eigenvalue weighted by Crippen LogP contribution is -2.24. The summed E-state index contributed by atoms with van der Waals surface area (Å²) in [4.78, 5) is 22.2. The lowest BCUT2D eigenvalue weighted by Gasteiger charge is -2.08. The maximum absolute atomic E-state index is 11.8. The summed E-state index contributed by atoms with van der Waals surface area (Å²) in [6, 6.07) is 9.12. The summed E-state index contributed by atoms with van der Waals surface area (Å²) in [7, 11) is 2.97. The summed E-state index contributed by atoms with van der Waals surface area (Å²) in [5.41, 5.74) is 2.52. The first kappa shape index (κ1) is 20.2. The van der Waals surface area contributed by atoms with E-state index in [9.17, 15) is 14.9 Å². The summed E-state index contributed by atoms with van der Waals surface area (Å²) in [5.74, 6) is 1.000. The zero-order valence-corrected chi connectivity index (χ0v) is 16.1. The Labute approximate surface area is 163 Å². The second kappa shape index (κ2) is 9.53. The number of nitrogens with one attached hydrogen (secondary N) is 1. The van der Waals surface area contributed by atoms with E-state index in [0.717, 1.165) is 0 Å². The number of rotatable bonds is 8. The summed E-state index contributed by atoms with van der Waals surface area (Å²) in [6.45, 7) is -0.270. The number of amides is 1. The van der Waals surface area contributed by atoms with Gasteiger partial charge in [0.05, 0.1) is 29.8 Å². The van der Waals surface area contributed by atoms with Crippen molar-refractivity contribution in [1.82, 2.24) is 5.43 Å². The summed E-state index contributed by atoms with van der Waals surface area (Å²) < 4.78 is 16.2. The Kier molecular flexibility index (Phi) is 7.12. The van der Waals surface area contributed by atoms with Gasteiger partial charge in [-0.05, 0) is 40.2 Å². The molecule has 10 heteroatoms. The number of nitrogens with zero attached hydrogens (tertiary/aromatic N) is 2. The van der Waals surface area contributed by atoms with Crippen molar-refractivity contribution in [2.45, 2.75) is 0 Å². The highest BCUT2D eigenvalue weighted by Crippen LogP contribution is 2.29. The van der Waals surface area contributed by atoms with E-state index >= 15 is 0 Å². The molecule has 2 aromatic rings. The van der Waals surface area contributed by atoms with Crippen LogP contribution in [0.1, 0.15) is 5.56 Å². The van der Waals surface area contributed by atoms with E-state index in [0.29, 0.717) is 27.3 Å². The normalized spacial score (nSPS) is 10.5. The van der Waals surface area contributed by atoms with Gasteiger partial charge in [-0.1, -0.05) is 0 Å². The van der Waals surface area contributed by atoms with Gasteiger partial charge in [0.1, 0.15) is 17.2 Å². The Hall–Kier alpha value is -3.14. The lowest BCUT2D eigenvalue weighted by atomic mass is 10.2. The minimum absolute atomic E-state index is 0.115. The quantitative estimate of drug-likeness (QED) is 0.385. The topological polar surface area (TPSA) is 112 Å². The first-order valence-corrected chi connectivity index (χ1v) is 8.34. The molecule has 0 heterocycles. The van der Waals surface area contributed by atoms with Crippen molar-refractivity contribution in [1.29, 1.82) is 0 Å². The fourth-order valence-corrected chi connectivity index (χ4v) is 2.48. The van der Waals surface area contributed by atoms with Crippen LogP contribution in [0.4, 0.5) is 5.69 Å². The van der Waals surface area contributed by atoms with E-state index in [2.05, 4.69) is 26.5 Å². The van der Waals surface area contributed by atoms with E-state index in [1.54, 1.807) is 25.3 Å². The van der Waals surface area contributed by atoms with Gasteiger partial charge in [-0.3, -0.25) is 14.9 Å². The number of hydrogen-bond acceptors (Lipinski definition) is 7. The Bertz CT molecular complexity index is 872. The van der Waals surface area contributed by atoms with Gasteiger partial charge >= 0.3 is 0 Å². The van der Waals surface area contributed by atoms with Crippen molar-refractivity contribution in [3.05, 3.63) is 56.5 Å². The first-order valence-electron chi connectivity index (χ1n) is 7.55. The molecule has 0 aromatic heterocycles. The molecule has 2 aromatic carbocycles. The van der Waals surface area contributed by atoms with E-state index in [4.69, 9.17) is 14.2 Å². The number of nitro groups is 1. The number of methoxy groups -OCH3 is 2. The van der Waals surface area contributed by atoms with Crippen LogP contribution < -0.4 is 19.6 Å². The lowest BCUT2D eigenvalue weighted by molar-refractivity contribution is -0.384. The number of carbonyl (C=O) groups is 1. The highest BCUT2D eigenvalue weighted by molar-refractivity contribution is 9.10. The third kappa shape index (κ3) is 5.68. The fraction of sp³-hybridized carbons (Fsp3) is 0.176. The smallest absolute Gasteiger partial charge is 0.277 e. The van der Waals surface area contributed by atoms with Crippen molar-refractivity contribution >= 4 is 33.7 Å². The molecule has 0 aliphatic heterocycles. The molecule has 1 N–H and O–H groups in total. The van der Waals surface area contributed by atoms with Gasteiger partial charge in [-0.2, -0.15) is 5.10 Å². The molecule has 1 amide bonds. The molecule has 0 bridgehead atoms. The number of non-ortho nitro benzene ring substituents is 1. The second-order valence-corrected chi connectivity index (χ2v) is 5.92. The van der Waals surface area contributed by atoms with Crippen LogP contribution in [0, 0.1) is 10.1 Å². The monoisotopic (exact) mass is 437 g/mol. The van der Waals surface area contributed by atoms with Crippen molar-refractivity contribution < 1.29 is 23.9 Å². The fourth-order valence-electron chi connectivity index (χ4n) is 2.01. The molecule has 0 radical (unpaired) electrons. The average Bonchev–Trinajstić information content (AvgIpc) is 2.66. The van der Waals surface area contributed by atoms with Gasteiger partial charge < -0.3 is 14.2 Å². The van der Waals surface area contributed by atoms with Crippen LogP contribution >= 0.6 is 15.9 Å². The average molecular weight is 438 g/mol. The number of benzene rings is 2. The van der Waals surface area contributed by atoms with Crippen LogP contribution in [0.3, 0.4) is 0 Å². The first-order chi connectivity index (χ1) is 12.9. The molecule has 0 unspecified atom stereocenters. The van der Waals surface area contributed by atoms with Gasteiger partial charge in [0, 0.05) is 17.7 Å². The predicted molar refractivity (Wildman–Crippen MR) is 102 cm³/mol. The maximum Gasteiger partial charge on any atom is 0.277 e. The van der Waals surface area contributed by atoms with Gasteiger partial charge in [-0.15, -0.1) is 0 Å². The van der Waals surface area contributed by atoms with Crippen LogP contribution in [0.25, 0.3) is 0 Å². The van der Waals surface area contributed by atoms with Crippen LogP contribution in [0.2, 0.25) is 0 Å². The Balaban J connectivity index is 1.95. The van der Waals surface area contributed by atoms with Gasteiger partial charge in [0.15, 0.2) is 6.61 Å². The molecule has 2 rings (SSSR count). The molecule has 0 fully saturated rings. The Morgan fingerprint density at radius 1 is 1.22 bits per heavy atom. The highest BCUT2D eigenvalue weighted by atomic mass is 79.9. The highest BCUT2D eigenvalue weighted by Gasteiger charge is 2.10. The molecular formula is C17H16BrN3O6. The predicted octanol–water partition coefficient (Wildman–Crippen LogP) is 2.90. The van der Waals surface area contributed by atoms with Crippen LogP contribution in [-0.4, -0.2) is 37.9 Å². The number of ether oxygens (including phenoxy) is 3. The van der Waals surface area contributed by atoms with Crippen molar-refractivity contribution in [3.8, 4) is 17.2 Å².